The van der Waals surface area contributed by atoms with Crippen LogP contribution in [0.5, 0.6) is 0 Å². The van der Waals surface area contributed by atoms with Gasteiger partial charge >= 0.3 is 0 Å². The highest BCUT2D eigenvalue weighted by Crippen LogP contribution is 2.12. The first-order valence-corrected chi connectivity index (χ1v) is 4.71. The maximum atomic E-state index is 11.7. The van der Waals surface area contributed by atoms with Crippen LogP contribution in [-0.2, 0) is 0 Å². The molecule has 4 heteroatoms. The molecule has 0 fully saturated rings. The fraction of sp³-hybridized carbons (Fsp3) is 0. The highest BCUT2D eigenvalue weighted by Gasteiger charge is 2.07. The molecular weight excluding hydrogens is 206 g/mol. The van der Waals surface area contributed by atoms with Crippen molar-refractivity contribution in [3.63, 3.8) is 0 Å². The van der Waals surface area contributed by atoms with E-state index in [1.807, 2.05) is 6.07 Å². The zero-order valence-corrected chi connectivity index (χ0v) is 8.34. The molecule has 0 aliphatic rings. The van der Waals surface area contributed by atoms with Crippen LogP contribution >= 0.6 is 0 Å². The van der Waals surface area contributed by atoms with Crippen LogP contribution < -0.4 is 5.32 Å². The van der Waals surface area contributed by atoms with Gasteiger partial charge in [-0.05, 0) is 18.2 Å². The lowest BCUT2D eigenvalue weighted by Crippen LogP contribution is -2.10. The lowest BCUT2D eigenvalue weighted by molar-refractivity contribution is 0.102. The summed E-state index contributed by atoms with van der Waals surface area (Å²) >= 11 is 0. The standard InChI is InChI=1S/C12H9NO3/c14-8-10-6-7-11(16-10)13-12(15)9-4-2-1-3-5-9/h1-8H,(H,13,15). The van der Waals surface area contributed by atoms with Gasteiger partial charge in [0.1, 0.15) is 0 Å². The molecule has 0 unspecified atom stereocenters. The Morgan fingerprint density at radius 2 is 1.88 bits per heavy atom. The van der Waals surface area contributed by atoms with E-state index in [4.69, 9.17) is 4.42 Å². The molecule has 2 rings (SSSR count). The van der Waals surface area contributed by atoms with Crippen LogP contribution in [-0.4, -0.2) is 12.2 Å². The van der Waals surface area contributed by atoms with Gasteiger partial charge in [0.05, 0.1) is 0 Å². The van der Waals surface area contributed by atoms with Crippen molar-refractivity contribution in [2.24, 2.45) is 0 Å². The van der Waals surface area contributed by atoms with Crippen LogP contribution in [0, 0.1) is 0 Å². The molecule has 16 heavy (non-hydrogen) atoms. The minimum atomic E-state index is -0.271. The number of carbonyl (C=O) groups excluding carboxylic acids is 2. The first-order valence-electron chi connectivity index (χ1n) is 4.71. The van der Waals surface area contributed by atoms with E-state index in [0.29, 0.717) is 11.8 Å². The van der Waals surface area contributed by atoms with E-state index in [1.165, 1.54) is 12.1 Å². The van der Waals surface area contributed by atoms with Crippen LogP contribution in [0.3, 0.4) is 0 Å². The SMILES string of the molecule is O=Cc1ccc(NC(=O)c2ccccc2)o1. The average Bonchev–Trinajstić information content (AvgIpc) is 2.78. The minimum Gasteiger partial charge on any atom is -0.438 e. The van der Waals surface area contributed by atoms with Crippen molar-refractivity contribution in [2.45, 2.75) is 0 Å². The number of amides is 1. The van der Waals surface area contributed by atoms with E-state index >= 15 is 0 Å². The summed E-state index contributed by atoms with van der Waals surface area (Å²) in [6.45, 7) is 0. The third-order valence-electron chi connectivity index (χ3n) is 2.02. The van der Waals surface area contributed by atoms with Gasteiger partial charge in [0.2, 0.25) is 5.88 Å². The van der Waals surface area contributed by atoms with Crippen molar-refractivity contribution in [3.05, 3.63) is 53.8 Å². The van der Waals surface area contributed by atoms with Gasteiger partial charge in [0.15, 0.2) is 12.0 Å². The third-order valence-corrected chi connectivity index (χ3v) is 2.02. The van der Waals surface area contributed by atoms with E-state index in [0.717, 1.165) is 0 Å². The molecule has 1 N–H and O–H groups in total. The van der Waals surface area contributed by atoms with Crippen LogP contribution in [0.4, 0.5) is 5.88 Å². The number of carbonyl (C=O) groups is 2. The second kappa shape index (κ2) is 4.44. The molecule has 0 aliphatic carbocycles. The summed E-state index contributed by atoms with van der Waals surface area (Å²) in [4.78, 5) is 22.0. The Morgan fingerprint density at radius 3 is 2.50 bits per heavy atom. The maximum absolute atomic E-state index is 11.7. The number of aldehydes is 1. The lowest BCUT2D eigenvalue weighted by atomic mass is 10.2. The van der Waals surface area contributed by atoms with Gasteiger partial charge in [0, 0.05) is 11.6 Å². The van der Waals surface area contributed by atoms with E-state index in [1.54, 1.807) is 24.3 Å². The second-order valence-electron chi connectivity index (χ2n) is 3.14. The zero-order chi connectivity index (χ0) is 11.4. The quantitative estimate of drug-likeness (QED) is 0.799. The monoisotopic (exact) mass is 215 g/mol. The zero-order valence-electron chi connectivity index (χ0n) is 8.34. The number of hydrogen-bond acceptors (Lipinski definition) is 3. The topological polar surface area (TPSA) is 59.3 Å². The van der Waals surface area contributed by atoms with Crippen LogP contribution in [0.25, 0.3) is 0 Å². The molecule has 2 aromatic rings. The van der Waals surface area contributed by atoms with E-state index in [9.17, 15) is 9.59 Å². The highest BCUT2D eigenvalue weighted by atomic mass is 16.4. The number of furan rings is 1. The van der Waals surface area contributed by atoms with Crippen LogP contribution in [0.1, 0.15) is 20.9 Å². The summed E-state index contributed by atoms with van der Waals surface area (Å²) in [6.07, 6.45) is 0.582. The smallest absolute Gasteiger partial charge is 0.257 e. The molecule has 80 valence electrons. The Kier molecular flexibility index (Phi) is 2.82. The second-order valence-corrected chi connectivity index (χ2v) is 3.14. The molecule has 0 aliphatic heterocycles. The number of benzene rings is 1. The Bertz CT molecular complexity index is 502. The Balaban J connectivity index is 2.11. The fourth-order valence-electron chi connectivity index (χ4n) is 1.26. The van der Waals surface area contributed by atoms with Gasteiger partial charge in [-0.25, -0.2) is 0 Å². The largest absolute Gasteiger partial charge is 0.438 e. The Labute approximate surface area is 91.9 Å². The minimum absolute atomic E-state index is 0.184. The summed E-state index contributed by atoms with van der Waals surface area (Å²) in [7, 11) is 0. The summed E-state index contributed by atoms with van der Waals surface area (Å²) < 4.78 is 5.02. The van der Waals surface area contributed by atoms with Crippen LogP contribution in [0.15, 0.2) is 46.9 Å². The van der Waals surface area contributed by atoms with Crippen molar-refractivity contribution in [1.29, 1.82) is 0 Å². The molecular formula is C12H9NO3. The molecule has 1 aromatic carbocycles. The summed E-state index contributed by atoms with van der Waals surface area (Å²) in [5.74, 6) is 0.173. The molecule has 0 bridgehead atoms. The van der Waals surface area contributed by atoms with Gasteiger partial charge in [-0.3, -0.25) is 14.9 Å². The number of nitrogens with one attached hydrogen (secondary N) is 1. The van der Waals surface area contributed by atoms with Crippen molar-refractivity contribution in [1.82, 2.24) is 0 Å². The fourth-order valence-corrected chi connectivity index (χ4v) is 1.26. The molecule has 0 saturated carbocycles. The lowest BCUT2D eigenvalue weighted by Gasteiger charge is -2.00. The summed E-state index contributed by atoms with van der Waals surface area (Å²) in [5.41, 5.74) is 0.534. The summed E-state index contributed by atoms with van der Waals surface area (Å²) in [5, 5.41) is 2.55. The number of rotatable bonds is 3. The van der Waals surface area contributed by atoms with Crippen molar-refractivity contribution in [3.8, 4) is 0 Å². The average molecular weight is 215 g/mol. The maximum Gasteiger partial charge on any atom is 0.257 e. The van der Waals surface area contributed by atoms with Crippen molar-refractivity contribution < 1.29 is 14.0 Å². The van der Waals surface area contributed by atoms with Gasteiger partial charge in [-0.15, -0.1) is 0 Å². The van der Waals surface area contributed by atoms with E-state index in [2.05, 4.69) is 5.32 Å². The molecule has 1 heterocycles. The van der Waals surface area contributed by atoms with Crippen LogP contribution in [0.2, 0.25) is 0 Å². The van der Waals surface area contributed by atoms with E-state index < -0.39 is 0 Å². The first-order chi connectivity index (χ1) is 7.79. The van der Waals surface area contributed by atoms with Crippen molar-refractivity contribution >= 4 is 18.1 Å². The van der Waals surface area contributed by atoms with Gasteiger partial charge in [0.25, 0.3) is 5.91 Å². The molecule has 1 aromatic heterocycles. The molecule has 4 nitrogen and oxygen atoms in total. The summed E-state index contributed by atoms with van der Waals surface area (Å²) in [6, 6.07) is 11.8. The van der Waals surface area contributed by atoms with Gasteiger partial charge in [-0.2, -0.15) is 0 Å². The van der Waals surface area contributed by atoms with Crippen molar-refractivity contribution in [2.75, 3.05) is 5.32 Å². The highest BCUT2D eigenvalue weighted by molar-refractivity contribution is 6.03. The molecule has 0 saturated heterocycles. The molecule has 1 amide bonds. The Morgan fingerprint density at radius 1 is 1.12 bits per heavy atom. The predicted octanol–water partition coefficient (Wildman–Crippen LogP) is 2.34. The third kappa shape index (κ3) is 2.17. The van der Waals surface area contributed by atoms with Gasteiger partial charge < -0.3 is 4.42 Å². The number of hydrogen-bond donors (Lipinski definition) is 1. The molecule has 0 radical (unpaired) electrons. The van der Waals surface area contributed by atoms with E-state index in [-0.39, 0.29) is 17.6 Å². The molecule has 0 atom stereocenters. The molecule has 0 spiro atoms. The first kappa shape index (κ1) is 10.2. The number of anilines is 1. The predicted molar refractivity (Wildman–Crippen MR) is 58.5 cm³/mol. The Hall–Kier alpha value is -2.36. The normalized spacial score (nSPS) is 9.75. The van der Waals surface area contributed by atoms with Gasteiger partial charge in [-0.1, -0.05) is 18.2 Å².